The predicted octanol–water partition coefficient (Wildman–Crippen LogP) is 18.8. The first kappa shape index (κ1) is 41.3. The molecule has 12 aromatic rings. The fraction of sp³-hybridized carbons (Fsp3) is 0.0571. The van der Waals surface area contributed by atoms with Crippen molar-refractivity contribution in [2.75, 3.05) is 9.80 Å². The predicted molar refractivity (Wildman–Crippen MR) is 306 cm³/mol. The lowest BCUT2D eigenvalue weighted by atomic mass is 9.78. The average Bonchev–Trinajstić information content (AvgIpc) is 4.15. The number of hydrogen-bond donors (Lipinski definition) is 0. The van der Waals surface area contributed by atoms with Gasteiger partial charge >= 0.3 is 0 Å². The third kappa shape index (κ3) is 6.15. The first-order chi connectivity index (χ1) is 36.7. The van der Waals surface area contributed by atoms with E-state index in [0.717, 1.165) is 67.5 Å². The summed E-state index contributed by atoms with van der Waals surface area (Å²) in [6.45, 7) is 0. The van der Waals surface area contributed by atoms with Crippen LogP contribution in [-0.4, -0.2) is 6.04 Å². The average molecular weight is 947 g/mol. The van der Waals surface area contributed by atoms with E-state index in [1.165, 1.54) is 77.6 Å². The Balaban J connectivity index is 0.923. The van der Waals surface area contributed by atoms with Crippen molar-refractivity contribution in [2.24, 2.45) is 0 Å². The smallest absolute Gasteiger partial charge is 0.159 e. The van der Waals surface area contributed by atoms with Crippen LogP contribution < -0.4 is 9.80 Å². The molecule has 3 unspecified atom stereocenters. The van der Waals surface area contributed by atoms with E-state index in [1.54, 1.807) is 0 Å². The minimum absolute atomic E-state index is 0.0366. The van der Waals surface area contributed by atoms with Gasteiger partial charge in [0, 0.05) is 67.3 Å². The molecule has 0 bridgehead atoms. The highest BCUT2D eigenvalue weighted by Crippen LogP contribution is 2.57. The summed E-state index contributed by atoms with van der Waals surface area (Å²) in [6, 6.07) is 79.7. The first-order valence-corrected chi connectivity index (χ1v) is 25.8. The molecular formula is C70H46N2O2. The molecule has 0 spiro atoms. The Morgan fingerprint density at radius 3 is 2.00 bits per heavy atom. The normalized spacial score (nSPS) is 17.4. The van der Waals surface area contributed by atoms with Gasteiger partial charge in [-0.2, -0.15) is 0 Å². The number of nitrogens with zero attached hydrogens (tertiary/aromatic N) is 2. The number of fused-ring (bicyclic) bond motifs is 15. The Labute approximate surface area is 428 Å². The third-order valence-electron chi connectivity index (χ3n) is 16.3. The van der Waals surface area contributed by atoms with Crippen LogP contribution in [0.4, 0.5) is 22.7 Å². The van der Waals surface area contributed by atoms with Crippen molar-refractivity contribution < 1.29 is 8.83 Å². The van der Waals surface area contributed by atoms with E-state index in [4.69, 9.17) is 8.83 Å². The van der Waals surface area contributed by atoms with E-state index in [1.807, 2.05) is 0 Å². The summed E-state index contributed by atoms with van der Waals surface area (Å²) in [4.78, 5) is 5.07. The minimum Gasteiger partial charge on any atom is -0.456 e. The van der Waals surface area contributed by atoms with Gasteiger partial charge < -0.3 is 18.6 Å². The van der Waals surface area contributed by atoms with E-state index in [2.05, 4.69) is 259 Å². The maximum atomic E-state index is 7.00. The second-order valence-corrected chi connectivity index (χ2v) is 20.2. The van der Waals surface area contributed by atoms with Gasteiger partial charge in [0.25, 0.3) is 0 Å². The number of anilines is 4. The highest BCUT2D eigenvalue weighted by atomic mass is 16.3. The zero-order valence-corrected chi connectivity index (χ0v) is 40.3. The van der Waals surface area contributed by atoms with E-state index >= 15 is 0 Å². The maximum Gasteiger partial charge on any atom is 0.159 e. The molecule has 4 aliphatic rings. The number of benzene rings is 10. The van der Waals surface area contributed by atoms with E-state index < -0.39 is 0 Å². The van der Waals surface area contributed by atoms with Gasteiger partial charge in [-0.05, 0) is 122 Å². The fourth-order valence-electron chi connectivity index (χ4n) is 13.0. The molecule has 74 heavy (non-hydrogen) atoms. The number of hydrogen-bond acceptors (Lipinski definition) is 4. The molecule has 3 atom stereocenters. The quantitative estimate of drug-likeness (QED) is 0.166. The lowest BCUT2D eigenvalue weighted by Gasteiger charge is -2.35. The molecular weight excluding hydrogens is 901 g/mol. The number of furan rings is 2. The van der Waals surface area contributed by atoms with Crippen LogP contribution in [0, 0.1) is 0 Å². The molecule has 16 rings (SSSR count). The van der Waals surface area contributed by atoms with Crippen LogP contribution in [0.25, 0.3) is 88.0 Å². The first-order valence-electron chi connectivity index (χ1n) is 25.8. The monoisotopic (exact) mass is 946 g/mol. The summed E-state index contributed by atoms with van der Waals surface area (Å²) < 4.78 is 13.9. The van der Waals surface area contributed by atoms with Crippen molar-refractivity contribution in [2.45, 2.75) is 24.3 Å². The van der Waals surface area contributed by atoms with Crippen LogP contribution in [0.2, 0.25) is 0 Å². The molecule has 4 heterocycles. The Kier molecular flexibility index (Phi) is 8.96. The third-order valence-corrected chi connectivity index (χ3v) is 16.3. The standard InChI is InChI=1S/C70H46N2O2/c1-2-15-43(16-3-1)44-31-34-49(35-32-44)71(64-28-14-25-58-54-21-7-10-29-65(54)73-69(58)64)50-40-47(39-48(41-50)52-23-12-18-45-17-4-5-19-51(45)52)46-33-38-63-61(42-46)56-36-37-59-55-22-8-11-30-66(55)74-70(59)67(56)60-26-13-24-57-53-20-6-9-27-62(53)72(63)68(57)60/h1-41,46,60,68H,42H2. The van der Waals surface area contributed by atoms with Crippen LogP contribution in [0.15, 0.2) is 263 Å². The molecule has 0 N–H and O–H groups in total. The molecule has 2 aliphatic carbocycles. The molecule has 348 valence electrons. The van der Waals surface area contributed by atoms with Crippen LogP contribution in [0.1, 0.15) is 40.5 Å². The van der Waals surface area contributed by atoms with Crippen molar-refractivity contribution in [1.82, 2.24) is 0 Å². The summed E-state index contributed by atoms with van der Waals surface area (Å²) in [7, 11) is 0. The second kappa shape index (κ2) is 16.1. The van der Waals surface area contributed by atoms with Gasteiger partial charge in [-0.1, -0.05) is 188 Å². The van der Waals surface area contributed by atoms with Gasteiger partial charge in [0.05, 0.1) is 11.7 Å². The zero-order chi connectivity index (χ0) is 48.4. The zero-order valence-electron chi connectivity index (χ0n) is 40.3. The maximum absolute atomic E-state index is 7.00. The molecule has 2 aliphatic heterocycles. The van der Waals surface area contributed by atoms with Gasteiger partial charge in [0.1, 0.15) is 16.7 Å². The topological polar surface area (TPSA) is 32.8 Å². The van der Waals surface area contributed by atoms with Gasteiger partial charge in [-0.15, -0.1) is 0 Å². The summed E-state index contributed by atoms with van der Waals surface area (Å²) in [5.74, 6) is 0.109. The van der Waals surface area contributed by atoms with Gasteiger partial charge in [0.15, 0.2) is 5.58 Å². The molecule has 4 heteroatoms. The highest BCUT2D eigenvalue weighted by Gasteiger charge is 2.46. The summed E-state index contributed by atoms with van der Waals surface area (Å²) in [5, 5.41) is 6.95. The number of para-hydroxylation sites is 4. The Morgan fingerprint density at radius 1 is 0.473 bits per heavy atom. The Hall–Kier alpha value is -9.38. The molecule has 0 saturated carbocycles. The van der Waals surface area contributed by atoms with Crippen LogP contribution in [-0.2, 0) is 0 Å². The van der Waals surface area contributed by atoms with Crippen LogP contribution >= 0.6 is 0 Å². The van der Waals surface area contributed by atoms with E-state index in [0.29, 0.717) is 0 Å². The van der Waals surface area contributed by atoms with Crippen molar-refractivity contribution in [3.05, 3.63) is 277 Å². The largest absolute Gasteiger partial charge is 0.456 e. The molecule has 0 amide bonds. The SMILES string of the molecule is C1=CC2c3c(ccc4c3oc3ccccc34)C3=C(C=CC(c4cc(-c5cccc6ccccc56)cc(N(c5ccc(-c6ccccc6)cc5)c5cccc6c5oc5ccccc56)c4)C3)N3c4ccccc4C(=C1)C23. The molecule has 10 aromatic carbocycles. The molecule has 0 radical (unpaired) electrons. The van der Waals surface area contributed by atoms with E-state index in [9.17, 15) is 0 Å². The summed E-state index contributed by atoms with van der Waals surface area (Å²) in [5.41, 5.74) is 21.8. The molecule has 0 saturated heterocycles. The van der Waals surface area contributed by atoms with Gasteiger partial charge in [-0.25, -0.2) is 0 Å². The van der Waals surface area contributed by atoms with Gasteiger partial charge in [0.2, 0.25) is 0 Å². The Morgan fingerprint density at radius 2 is 1.15 bits per heavy atom. The molecule has 2 aromatic heterocycles. The van der Waals surface area contributed by atoms with E-state index in [-0.39, 0.29) is 17.9 Å². The summed E-state index contributed by atoms with van der Waals surface area (Å²) >= 11 is 0. The lowest BCUT2D eigenvalue weighted by Crippen LogP contribution is -2.35. The van der Waals surface area contributed by atoms with Gasteiger partial charge in [-0.3, -0.25) is 0 Å². The van der Waals surface area contributed by atoms with Crippen molar-refractivity contribution in [1.29, 1.82) is 0 Å². The Bertz CT molecular complexity index is 4430. The molecule has 0 fully saturated rings. The number of allylic oxidation sites excluding steroid dienone is 5. The van der Waals surface area contributed by atoms with Crippen molar-refractivity contribution in [3.8, 4) is 22.3 Å². The fourth-order valence-corrected chi connectivity index (χ4v) is 13.0. The summed E-state index contributed by atoms with van der Waals surface area (Å²) in [6.07, 6.45) is 12.8. The van der Waals surface area contributed by atoms with Crippen LogP contribution in [0.3, 0.4) is 0 Å². The second-order valence-electron chi connectivity index (χ2n) is 20.2. The number of rotatable bonds is 6. The van der Waals surface area contributed by atoms with Crippen LogP contribution in [0.5, 0.6) is 0 Å². The van der Waals surface area contributed by atoms with Crippen molar-refractivity contribution >= 4 is 88.5 Å². The minimum atomic E-state index is 0.0366. The molecule has 4 nitrogen and oxygen atoms in total. The highest BCUT2D eigenvalue weighted by molar-refractivity contribution is 6.11. The lowest BCUT2D eigenvalue weighted by molar-refractivity contribution is 0.646. The van der Waals surface area contributed by atoms with Crippen molar-refractivity contribution in [3.63, 3.8) is 0 Å².